The Labute approximate surface area is 182 Å². The third-order valence-corrected chi connectivity index (χ3v) is 5.04. The number of aryl methyl sites for hydroxylation is 1. The van der Waals surface area contributed by atoms with Gasteiger partial charge in [-0.25, -0.2) is 0 Å². The molecule has 3 rings (SSSR count). The summed E-state index contributed by atoms with van der Waals surface area (Å²) in [4.78, 5) is 27.5. The van der Waals surface area contributed by atoms with Gasteiger partial charge < -0.3 is 10.1 Å². The molecule has 1 aliphatic heterocycles. The van der Waals surface area contributed by atoms with Crippen molar-refractivity contribution in [2.45, 2.75) is 40.7 Å². The molecule has 158 valence electrons. The van der Waals surface area contributed by atoms with Gasteiger partial charge in [0.05, 0.1) is 12.2 Å². The first-order chi connectivity index (χ1) is 14.2. The first kappa shape index (κ1) is 21.9. The van der Waals surface area contributed by atoms with Crippen LogP contribution in [0.2, 0.25) is 5.02 Å². The van der Waals surface area contributed by atoms with E-state index >= 15 is 0 Å². The fraction of sp³-hybridized carbons (Fsp3) is 0.333. The molecule has 1 N–H and O–H groups in total. The van der Waals surface area contributed by atoms with Crippen molar-refractivity contribution in [1.29, 1.82) is 0 Å². The number of nitrogens with one attached hydrogen (secondary N) is 1. The number of halogens is 1. The zero-order valence-electron chi connectivity index (χ0n) is 18.0. The Morgan fingerprint density at radius 3 is 2.23 bits per heavy atom. The van der Waals surface area contributed by atoms with Crippen molar-refractivity contribution in [2.75, 3.05) is 11.9 Å². The third-order valence-electron chi connectivity index (χ3n) is 4.81. The number of amides is 2. The van der Waals surface area contributed by atoms with E-state index < -0.39 is 0 Å². The maximum absolute atomic E-state index is 13.2. The SMILES string of the molecule is Cc1cc(Cl)ccc1NC1=C(c2ccc(OCC(C)C)cc2)C(=O)N(C(C)C)C1=O. The minimum atomic E-state index is -0.334. The quantitative estimate of drug-likeness (QED) is 0.611. The molecular formula is C24H27ClN2O3. The van der Waals surface area contributed by atoms with Gasteiger partial charge in [-0.05, 0) is 68.1 Å². The molecule has 5 nitrogen and oxygen atoms in total. The van der Waals surface area contributed by atoms with Gasteiger partial charge in [0.15, 0.2) is 0 Å². The summed E-state index contributed by atoms with van der Waals surface area (Å²) in [7, 11) is 0. The van der Waals surface area contributed by atoms with Crippen molar-refractivity contribution in [3.8, 4) is 5.75 Å². The summed E-state index contributed by atoms with van der Waals surface area (Å²) >= 11 is 6.05. The highest BCUT2D eigenvalue weighted by Gasteiger charge is 2.40. The minimum Gasteiger partial charge on any atom is -0.493 e. The molecule has 0 radical (unpaired) electrons. The van der Waals surface area contributed by atoms with Crippen molar-refractivity contribution < 1.29 is 14.3 Å². The molecule has 0 fully saturated rings. The lowest BCUT2D eigenvalue weighted by atomic mass is 10.0. The number of hydrogen-bond acceptors (Lipinski definition) is 4. The number of ether oxygens (including phenoxy) is 1. The van der Waals surface area contributed by atoms with E-state index in [1.165, 1.54) is 4.90 Å². The van der Waals surface area contributed by atoms with Crippen LogP contribution in [0.25, 0.3) is 5.57 Å². The smallest absolute Gasteiger partial charge is 0.278 e. The highest BCUT2D eigenvalue weighted by molar-refractivity contribution is 6.36. The van der Waals surface area contributed by atoms with Crippen LogP contribution in [0.3, 0.4) is 0 Å². The molecule has 2 amide bonds. The first-order valence-electron chi connectivity index (χ1n) is 10.1. The van der Waals surface area contributed by atoms with Gasteiger partial charge in [0.25, 0.3) is 11.8 Å². The molecule has 30 heavy (non-hydrogen) atoms. The Kier molecular flexibility index (Phi) is 6.52. The molecule has 0 bridgehead atoms. The molecule has 1 aliphatic rings. The van der Waals surface area contributed by atoms with Gasteiger partial charge in [0.1, 0.15) is 11.4 Å². The van der Waals surface area contributed by atoms with Crippen LogP contribution < -0.4 is 10.1 Å². The van der Waals surface area contributed by atoms with Crippen LogP contribution in [-0.2, 0) is 9.59 Å². The van der Waals surface area contributed by atoms with Crippen LogP contribution in [0.1, 0.15) is 38.8 Å². The Hall–Kier alpha value is -2.79. The molecule has 2 aromatic carbocycles. The number of carbonyl (C=O) groups is 2. The second kappa shape index (κ2) is 8.92. The largest absolute Gasteiger partial charge is 0.493 e. The average Bonchev–Trinajstić information content (AvgIpc) is 2.92. The van der Waals surface area contributed by atoms with Crippen LogP contribution >= 0.6 is 11.6 Å². The average molecular weight is 427 g/mol. The number of nitrogens with zero attached hydrogens (tertiary/aromatic N) is 1. The Morgan fingerprint density at radius 1 is 1.00 bits per heavy atom. The van der Waals surface area contributed by atoms with Crippen molar-refractivity contribution in [3.63, 3.8) is 0 Å². The standard InChI is InChI=1S/C24H27ClN2O3/c1-14(2)13-30-19-9-6-17(7-10-19)21-22(24(29)27(15(3)4)23(21)28)26-20-11-8-18(25)12-16(20)5/h6-12,14-15,26H,13H2,1-5H3. The van der Waals surface area contributed by atoms with Crippen LogP contribution in [0.4, 0.5) is 5.69 Å². The number of rotatable bonds is 7. The third kappa shape index (κ3) is 4.51. The van der Waals surface area contributed by atoms with Gasteiger partial charge in [-0.15, -0.1) is 0 Å². The van der Waals surface area contributed by atoms with E-state index in [2.05, 4.69) is 19.2 Å². The summed E-state index contributed by atoms with van der Waals surface area (Å²) in [6.07, 6.45) is 0. The van der Waals surface area contributed by atoms with Crippen LogP contribution in [0.15, 0.2) is 48.2 Å². The Bertz CT molecular complexity index is 994. The number of imide groups is 1. The molecule has 0 saturated heterocycles. The van der Waals surface area contributed by atoms with Gasteiger partial charge >= 0.3 is 0 Å². The fourth-order valence-corrected chi connectivity index (χ4v) is 3.51. The molecule has 2 aromatic rings. The van der Waals surface area contributed by atoms with E-state index in [0.29, 0.717) is 28.7 Å². The van der Waals surface area contributed by atoms with E-state index in [-0.39, 0.29) is 23.6 Å². The fourth-order valence-electron chi connectivity index (χ4n) is 3.28. The summed E-state index contributed by atoms with van der Waals surface area (Å²) in [6.45, 7) is 10.3. The summed E-state index contributed by atoms with van der Waals surface area (Å²) in [5.41, 5.74) is 2.92. The molecule has 0 unspecified atom stereocenters. The van der Waals surface area contributed by atoms with Crippen molar-refractivity contribution >= 4 is 34.7 Å². The predicted molar refractivity (Wildman–Crippen MR) is 120 cm³/mol. The van der Waals surface area contributed by atoms with Crippen LogP contribution in [0, 0.1) is 12.8 Å². The van der Waals surface area contributed by atoms with Gasteiger partial charge in [-0.1, -0.05) is 37.6 Å². The highest BCUT2D eigenvalue weighted by atomic mass is 35.5. The molecule has 0 saturated carbocycles. The number of anilines is 1. The predicted octanol–water partition coefficient (Wildman–Crippen LogP) is 5.28. The normalized spacial score (nSPS) is 14.3. The molecule has 0 spiro atoms. The number of carbonyl (C=O) groups excluding carboxylic acids is 2. The second-order valence-corrected chi connectivity index (χ2v) is 8.57. The molecule has 0 aromatic heterocycles. The highest BCUT2D eigenvalue weighted by Crippen LogP contribution is 2.33. The van der Waals surface area contributed by atoms with Crippen molar-refractivity contribution in [1.82, 2.24) is 4.90 Å². The molecule has 0 aliphatic carbocycles. The number of hydrogen-bond donors (Lipinski definition) is 1. The zero-order valence-corrected chi connectivity index (χ0v) is 18.7. The maximum Gasteiger partial charge on any atom is 0.278 e. The summed E-state index contributed by atoms with van der Waals surface area (Å²) < 4.78 is 5.74. The lowest BCUT2D eigenvalue weighted by Gasteiger charge is -2.19. The molecule has 1 heterocycles. The molecule has 6 heteroatoms. The zero-order chi connectivity index (χ0) is 22.0. The molecule has 0 atom stereocenters. The second-order valence-electron chi connectivity index (χ2n) is 8.14. The van der Waals surface area contributed by atoms with Crippen molar-refractivity contribution in [2.24, 2.45) is 5.92 Å². The maximum atomic E-state index is 13.2. The summed E-state index contributed by atoms with van der Waals surface area (Å²) in [5.74, 6) is 0.507. The van der Waals surface area contributed by atoms with E-state index in [1.54, 1.807) is 12.1 Å². The summed E-state index contributed by atoms with van der Waals surface area (Å²) in [5, 5.41) is 3.80. The summed E-state index contributed by atoms with van der Waals surface area (Å²) in [6, 6.07) is 12.4. The van der Waals surface area contributed by atoms with E-state index in [4.69, 9.17) is 16.3 Å². The van der Waals surface area contributed by atoms with Crippen LogP contribution in [0.5, 0.6) is 5.75 Å². The van der Waals surface area contributed by atoms with Gasteiger partial charge in [-0.2, -0.15) is 0 Å². The monoisotopic (exact) mass is 426 g/mol. The Balaban J connectivity index is 2.01. The minimum absolute atomic E-state index is 0.251. The van der Waals surface area contributed by atoms with Gasteiger partial charge in [0, 0.05) is 16.8 Å². The van der Waals surface area contributed by atoms with Crippen LogP contribution in [-0.4, -0.2) is 29.4 Å². The lowest BCUT2D eigenvalue weighted by Crippen LogP contribution is -2.38. The molecular weight excluding hydrogens is 400 g/mol. The van der Waals surface area contributed by atoms with Crippen molar-refractivity contribution in [3.05, 3.63) is 64.3 Å². The lowest BCUT2D eigenvalue weighted by molar-refractivity contribution is -0.138. The van der Waals surface area contributed by atoms with E-state index in [1.807, 2.05) is 51.1 Å². The number of benzene rings is 2. The van der Waals surface area contributed by atoms with Gasteiger partial charge in [-0.3, -0.25) is 14.5 Å². The van der Waals surface area contributed by atoms with E-state index in [9.17, 15) is 9.59 Å². The van der Waals surface area contributed by atoms with Gasteiger partial charge in [0.2, 0.25) is 0 Å². The first-order valence-corrected chi connectivity index (χ1v) is 10.5. The van der Waals surface area contributed by atoms with E-state index in [0.717, 1.165) is 17.0 Å². The Morgan fingerprint density at radius 2 is 1.67 bits per heavy atom. The topological polar surface area (TPSA) is 58.6 Å².